The maximum atomic E-state index is 11.8. The van der Waals surface area contributed by atoms with Gasteiger partial charge in [0.15, 0.2) is 5.65 Å². The number of nitrogens with one attached hydrogen (secondary N) is 2. The molecule has 1 fully saturated rings. The summed E-state index contributed by atoms with van der Waals surface area (Å²) in [5.74, 6) is 0.196. The Morgan fingerprint density at radius 1 is 1.35 bits per heavy atom. The third kappa shape index (κ3) is 3.44. The first-order chi connectivity index (χ1) is 11.0. The smallest absolute Gasteiger partial charge is 0.249 e. The number of amides is 1. The zero-order chi connectivity index (χ0) is 16.4. The Morgan fingerprint density at radius 3 is 2.96 bits per heavy atom. The fourth-order valence-corrected chi connectivity index (χ4v) is 2.72. The lowest BCUT2D eigenvalue weighted by Gasteiger charge is -2.22. The molecular formula is C16H24N6O. The minimum absolute atomic E-state index is 0.0719. The van der Waals surface area contributed by atoms with Crippen molar-refractivity contribution in [3.05, 3.63) is 17.8 Å². The average Bonchev–Trinajstić information content (AvgIpc) is 2.73. The number of nitrogens with zero attached hydrogens (tertiary/aromatic N) is 4. The van der Waals surface area contributed by atoms with Gasteiger partial charge in [-0.3, -0.25) is 10.1 Å². The van der Waals surface area contributed by atoms with Crippen LogP contribution in [0.25, 0.3) is 5.65 Å². The van der Waals surface area contributed by atoms with Crippen LogP contribution in [-0.4, -0.2) is 46.7 Å². The maximum Gasteiger partial charge on any atom is 0.249 e. The van der Waals surface area contributed by atoms with Gasteiger partial charge in [0.2, 0.25) is 11.9 Å². The van der Waals surface area contributed by atoms with Crippen LogP contribution in [0.4, 0.5) is 11.6 Å². The van der Waals surface area contributed by atoms with E-state index < -0.39 is 0 Å². The lowest BCUT2D eigenvalue weighted by molar-refractivity contribution is -0.118. The standard InChI is InChI=1S/C16H24N6O/c1-11(2)15(23)19-16-18-14-12(3)9-13(10-22(14)20-16)21-7-4-5-17-6-8-21/h9-11,17H,4-8H2,1-3H3,(H,19,20,23). The van der Waals surface area contributed by atoms with Gasteiger partial charge in [-0.1, -0.05) is 13.8 Å². The molecule has 124 valence electrons. The molecule has 2 aromatic heterocycles. The van der Waals surface area contributed by atoms with E-state index >= 15 is 0 Å². The van der Waals surface area contributed by atoms with Crippen LogP contribution in [0.2, 0.25) is 0 Å². The van der Waals surface area contributed by atoms with Gasteiger partial charge < -0.3 is 10.2 Å². The third-order valence-electron chi connectivity index (χ3n) is 4.07. The average molecular weight is 316 g/mol. The summed E-state index contributed by atoms with van der Waals surface area (Å²) in [4.78, 5) is 18.6. The SMILES string of the molecule is Cc1cc(N2CCCNCC2)cn2nc(NC(=O)C(C)C)nc12. The summed E-state index contributed by atoms with van der Waals surface area (Å²) < 4.78 is 1.76. The van der Waals surface area contributed by atoms with Crippen molar-refractivity contribution in [3.63, 3.8) is 0 Å². The zero-order valence-corrected chi connectivity index (χ0v) is 14.0. The molecule has 0 aromatic carbocycles. The van der Waals surface area contributed by atoms with E-state index in [9.17, 15) is 4.79 Å². The Balaban J connectivity index is 1.89. The molecule has 7 heteroatoms. The van der Waals surface area contributed by atoms with E-state index in [-0.39, 0.29) is 11.8 Å². The summed E-state index contributed by atoms with van der Waals surface area (Å²) in [6, 6.07) is 2.14. The highest BCUT2D eigenvalue weighted by molar-refractivity contribution is 5.90. The Bertz CT molecular complexity index is 700. The van der Waals surface area contributed by atoms with Crippen molar-refractivity contribution < 1.29 is 4.79 Å². The summed E-state index contributed by atoms with van der Waals surface area (Å²) in [6.07, 6.45) is 3.12. The van der Waals surface area contributed by atoms with Crippen LogP contribution in [0.5, 0.6) is 0 Å². The van der Waals surface area contributed by atoms with Crippen LogP contribution in [-0.2, 0) is 4.79 Å². The molecule has 0 aliphatic carbocycles. The number of pyridine rings is 1. The normalized spacial score (nSPS) is 15.9. The predicted octanol–water partition coefficient (Wildman–Crippen LogP) is 1.43. The highest BCUT2D eigenvalue weighted by Crippen LogP contribution is 2.20. The molecule has 3 rings (SSSR count). The molecule has 0 radical (unpaired) electrons. The molecule has 0 bridgehead atoms. The number of carbonyl (C=O) groups is 1. The van der Waals surface area contributed by atoms with Gasteiger partial charge in [-0.15, -0.1) is 5.10 Å². The van der Waals surface area contributed by atoms with Crippen molar-refractivity contribution in [1.82, 2.24) is 19.9 Å². The zero-order valence-electron chi connectivity index (χ0n) is 14.0. The fraction of sp³-hybridized carbons (Fsp3) is 0.562. The molecule has 0 saturated carbocycles. The molecule has 23 heavy (non-hydrogen) atoms. The van der Waals surface area contributed by atoms with Crippen molar-refractivity contribution in [2.24, 2.45) is 5.92 Å². The number of fused-ring (bicyclic) bond motifs is 1. The Kier molecular flexibility index (Phi) is 4.47. The molecule has 7 nitrogen and oxygen atoms in total. The number of rotatable bonds is 3. The van der Waals surface area contributed by atoms with Crippen LogP contribution in [0.3, 0.4) is 0 Å². The summed E-state index contributed by atoms with van der Waals surface area (Å²) in [6.45, 7) is 9.79. The molecule has 3 heterocycles. The summed E-state index contributed by atoms with van der Waals surface area (Å²) in [7, 11) is 0. The van der Waals surface area contributed by atoms with Crippen molar-refractivity contribution in [2.75, 3.05) is 36.4 Å². The minimum Gasteiger partial charge on any atom is -0.369 e. The number of hydrogen-bond donors (Lipinski definition) is 2. The second kappa shape index (κ2) is 6.54. The summed E-state index contributed by atoms with van der Waals surface area (Å²) in [5, 5.41) is 10.6. The van der Waals surface area contributed by atoms with Crippen molar-refractivity contribution >= 4 is 23.2 Å². The molecular weight excluding hydrogens is 292 g/mol. The number of anilines is 2. The van der Waals surface area contributed by atoms with Gasteiger partial charge in [0.05, 0.1) is 11.9 Å². The van der Waals surface area contributed by atoms with Crippen molar-refractivity contribution in [1.29, 1.82) is 0 Å². The van der Waals surface area contributed by atoms with Crippen LogP contribution < -0.4 is 15.5 Å². The van der Waals surface area contributed by atoms with Gasteiger partial charge in [0.25, 0.3) is 0 Å². The van der Waals surface area contributed by atoms with Gasteiger partial charge in [-0.25, -0.2) is 4.52 Å². The molecule has 0 unspecified atom stereocenters. The van der Waals surface area contributed by atoms with E-state index in [0.717, 1.165) is 49.5 Å². The Labute approximate surface area is 136 Å². The molecule has 1 aliphatic heterocycles. The van der Waals surface area contributed by atoms with Crippen LogP contribution in [0.1, 0.15) is 25.8 Å². The third-order valence-corrected chi connectivity index (χ3v) is 4.07. The monoisotopic (exact) mass is 316 g/mol. The molecule has 1 aliphatic rings. The lowest BCUT2D eigenvalue weighted by atomic mass is 10.2. The van der Waals surface area contributed by atoms with Gasteiger partial charge >= 0.3 is 0 Å². The Morgan fingerprint density at radius 2 is 2.17 bits per heavy atom. The predicted molar refractivity (Wildman–Crippen MR) is 90.9 cm³/mol. The number of carbonyl (C=O) groups excluding carboxylic acids is 1. The van der Waals surface area contributed by atoms with E-state index in [1.807, 2.05) is 27.0 Å². The molecule has 1 saturated heterocycles. The number of hydrogen-bond acceptors (Lipinski definition) is 5. The largest absolute Gasteiger partial charge is 0.369 e. The van der Waals surface area contributed by atoms with E-state index in [4.69, 9.17) is 0 Å². The second-order valence-electron chi connectivity index (χ2n) is 6.32. The number of aromatic nitrogens is 3. The van der Waals surface area contributed by atoms with Gasteiger partial charge in [-0.2, -0.15) is 4.98 Å². The maximum absolute atomic E-state index is 11.8. The van der Waals surface area contributed by atoms with E-state index in [0.29, 0.717) is 5.95 Å². The second-order valence-corrected chi connectivity index (χ2v) is 6.32. The van der Waals surface area contributed by atoms with E-state index in [2.05, 4.69) is 31.7 Å². The summed E-state index contributed by atoms with van der Waals surface area (Å²) >= 11 is 0. The minimum atomic E-state index is -0.0946. The highest BCUT2D eigenvalue weighted by atomic mass is 16.2. The van der Waals surface area contributed by atoms with Gasteiger partial charge in [-0.05, 0) is 31.5 Å². The molecule has 1 amide bonds. The Hall–Kier alpha value is -2.15. The molecule has 2 N–H and O–H groups in total. The van der Waals surface area contributed by atoms with Crippen LogP contribution in [0, 0.1) is 12.8 Å². The van der Waals surface area contributed by atoms with Crippen LogP contribution in [0.15, 0.2) is 12.3 Å². The first kappa shape index (κ1) is 15.7. The summed E-state index contributed by atoms with van der Waals surface area (Å²) in [5.41, 5.74) is 2.98. The lowest BCUT2D eigenvalue weighted by Crippen LogP contribution is -2.28. The van der Waals surface area contributed by atoms with Gasteiger partial charge in [0.1, 0.15) is 0 Å². The molecule has 0 spiro atoms. The van der Waals surface area contributed by atoms with Gasteiger partial charge in [0, 0.05) is 25.6 Å². The van der Waals surface area contributed by atoms with E-state index in [1.54, 1.807) is 4.52 Å². The quantitative estimate of drug-likeness (QED) is 0.896. The van der Waals surface area contributed by atoms with E-state index in [1.165, 1.54) is 0 Å². The van der Waals surface area contributed by atoms with Crippen molar-refractivity contribution in [3.8, 4) is 0 Å². The molecule has 2 aromatic rings. The topological polar surface area (TPSA) is 74.6 Å². The molecule has 0 atom stereocenters. The van der Waals surface area contributed by atoms with Crippen molar-refractivity contribution in [2.45, 2.75) is 27.2 Å². The highest BCUT2D eigenvalue weighted by Gasteiger charge is 2.15. The van der Waals surface area contributed by atoms with Crippen LogP contribution >= 0.6 is 0 Å². The first-order valence-corrected chi connectivity index (χ1v) is 8.18. The fourth-order valence-electron chi connectivity index (χ4n) is 2.72. The first-order valence-electron chi connectivity index (χ1n) is 8.18. The number of aryl methyl sites for hydroxylation is 1.